The molecular weight excluding hydrogens is 333 g/mol. The van der Waals surface area contributed by atoms with E-state index in [0.29, 0.717) is 16.8 Å². The lowest BCUT2D eigenvalue weighted by Crippen LogP contribution is -2.46. The van der Waals surface area contributed by atoms with Crippen LogP contribution in [-0.4, -0.2) is 19.3 Å². The molecule has 1 atom stereocenters. The average molecular weight is 346 g/mol. The number of alkyl halides is 1. The summed E-state index contributed by atoms with van der Waals surface area (Å²) in [6, 6.07) is 5.29. The number of allylic oxidation sites excluding steroid dienone is 2. The van der Waals surface area contributed by atoms with E-state index in [2.05, 4.69) is 0 Å². The SMILES string of the molecule is Cc1ccc(C)c([N+]2([O-])C=CC(CCl)=C(Cl)C2=S(=O)=O)c1. The van der Waals surface area contributed by atoms with Crippen molar-refractivity contribution in [2.24, 2.45) is 0 Å². The van der Waals surface area contributed by atoms with Gasteiger partial charge in [-0.3, -0.25) is 4.65 Å². The van der Waals surface area contributed by atoms with Crippen molar-refractivity contribution in [1.82, 2.24) is 4.65 Å². The van der Waals surface area contributed by atoms with Crippen molar-refractivity contribution in [3.8, 4) is 0 Å². The van der Waals surface area contributed by atoms with Gasteiger partial charge < -0.3 is 5.21 Å². The summed E-state index contributed by atoms with van der Waals surface area (Å²) in [5, 5.41) is 13.1. The van der Waals surface area contributed by atoms with Crippen LogP contribution in [0.2, 0.25) is 0 Å². The number of halogens is 2. The van der Waals surface area contributed by atoms with Crippen LogP contribution in [0.1, 0.15) is 11.1 Å². The topological polar surface area (TPSA) is 57.2 Å². The highest BCUT2D eigenvalue weighted by atomic mass is 35.5. The summed E-state index contributed by atoms with van der Waals surface area (Å²) < 4.78 is 21.9. The van der Waals surface area contributed by atoms with E-state index in [1.807, 2.05) is 13.0 Å². The number of aryl methyl sites for hydroxylation is 2. The fourth-order valence-electron chi connectivity index (χ4n) is 2.17. The number of rotatable bonds is 2. The first-order chi connectivity index (χ1) is 9.81. The molecule has 0 N–H and O–H groups in total. The van der Waals surface area contributed by atoms with Gasteiger partial charge in [0.2, 0.25) is 0 Å². The monoisotopic (exact) mass is 345 g/mol. The van der Waals surface area contributed by atoms with Crippen LogP contribution in [0.5, 0.6) is 0 Å². The van der Waals surface area contributed by atoms with Gasteiger partial charge >= 0.3 is 0 Å². The van der Waals surface area contributed by atoms with Crippen molar-refractivity contribution in [3.63, 3.8) is 0 Å². The van der Waals surface area contributed by atoms with Crippen molar-refractivity contribution in [1.29, 1.82) is 0 Å². The smallest absolute Gasteiger partial charge is 0.281 e. The Morgan fingerprint density at radius 3 is 2.52 bits per heavy atom. The summed E-state index contributed by atoms with van der Waals surface area (Å²) in [4.78, 5) is -0.441. The average Bonchev–Trinajstić information content (AvgIpc) is 2.41. The lowest BCUT2D eigenvalue weighted by atomic mass is 10.1. The Morgan fingerprint density at radius 1 is 1.29 bits per heavy atom. The molecule has 0 amide bonds. The van der Waals surface area contributed by atoms with Crippen LogP contribution < -0.4 is 4.65 Å². The van der Waals surface area contributed by atoms with Gasteiger partial charge in [-0.25, -0.2) is 0 Å². The molecule has 1 aromatic carbocycles. The van der Waals surface area contributed by atoms with Gasteiger partial charge in [0.25, 0.3) is 15.3 Å². The summed E-state index contributed by atoms with van der Waals surface area (Å²) in [5.41, 5.74) is 2.27. The van der Waals surface area contributed by atoms with E-state index in [4.69, 9.17) is 23.2 Å². The zero-order valence-corrected chi connectivity index (χ0v) is 13.8. The van der Waals surface area contributed by atoms with Crippen LogP contribution in [0.4, 0.5) is 5.69 Å². The predicted molar refractivity (Wildman–Crippen MR) is 87.7 cm³/mol. The normalized spacial score (nSPS) is 21.9. The van der Waals surface area contributed by atoms with Gasteiger partial charge in [0, 0.05) is 17.5 Å². The maximum Gasteiger partial charge on any atom is 0.281 e. The first-order valence-electron chi connectivity index (χ1n) is 6.10. The lowest BCUT2D eigenvalue weighted by molar-refractivity contribution is 0.623. The third-order valence-corrected chi connectivity index (χ3v) is 4.89. The molecule has 1 aromatic rings. The summed E-state index contributed by atoms with van der Waals surface area (Å²) in [6.07, 6.45) is 2.72. The van der Waals surface area contributed by atoms with E-state index in [0.717, 1.165) is 5.56 Å². The van der Waals surface area contributed by atoms with Gasteiger partial charge in [0.1, 0.15) is 16.9 Å². The number of nitrogens with zero attached hydrogens (tertiary/aromatic N) is 1. The number of hydroxylamine groups is 2. The minimum Gasteiger partial charge on any atom is -0.616 e. The highest BCUT2D eigenvalue weighted by Crippen LogP contribution is 2.35. The molecule has 4 nitrogen and oxygen atoms in total. The van der Waals surface area contributed by atoms with Crippen LogP contribution in [0, 0.1) is 19.1 Å². The molecule has 1 aliphatic heterocycles. The minimum atomic E-state index is -2.76. The van der Waals surface area contributed by atoms with Crippen LogP contribution >= 0.6 is 23.2 Å². The Balaban J connectivity index is 2.79. The second-order valence-corrected chi connectivity index (χ2v) is 6.28. The van der Waals surface area contributed by atoms with Crippen molar-refractivity contribution >= 4 is 44.2 Å². The number of hydrogen-bond acceptors (Lipinski definition) is 3. The Bertz CT molecular complexity index is 788. The molecule has 0 radical (unpaired) electrons. The van der Waals surface area contributed by atoms with E-state index < -0.39 is 19.9 Å². The highest BCUT2D eigenvalue weighted by molar-refractivity contribution is 7.73. The Hall–Kier alpha value is -1.11. The molecule has 0 fully saturated rings. The van der Waals surface area contributed by atoms with Crippen molar-refractivity contribution in [3.05, 3.63) is 57.4 Å². The summed E-state index contributed by atoms with van der Waals surface area (Å²) in [7, 11) is -2.76. The van der Waals surface area contributed by atoms with Crippen molar-refractivity contribution in [2.45, 2.75) is 13.8 Å². The Morgan fingerprint density at radius 2 is 1.95 bits per heavy atom. The minimum absolute atomic E-state index is 0.0306. The third-order valence-electron chi connectivity index (χ3n) is 3.28. The molecule has 0 saturated heterocycles. The van der Waals surface area contributed by atoms with Crippen LogP contribution in [0.15, 0.2) is 41.1 Å². The fourth-order valence-corrected chi connectivity index (χ4v) is 3.57. The van der Waals surface area contributed by atoms with Crippen molar-refractivity contribution < 1.29 is 8.42 Å². The fraction of sp³-hybridized carbons (Fsp3) is 0.214. The van der Waals surface area contributed by atoms with E-state index in [9.17, 15) is 13.6 Å². The van der Waals surface area contributed by atoms with E-state index in [1.165, 1.54) is 12.3 Å². The largest absolute Gasteiger partial charge is 0.616 e. The Kier molecular flexibility index (Phi) is 4.60. The number of benzene rings is 1. The molecule has 2 rings (SSSR count). The standard InChI is InChI=1S/C14H13Cl2NO3S/c1-9-3-4-10(2)12(7-9)17(18)6-5-11(8-15)13(16)14(17)21(19)20/h3-7H,8H2,1-2H3. The van der Waals surface area contributed by atoms with E-state index >= 15 is 0 Å². The molecule has 112 valence electrons. The second-order valence-electron chi connectivity index (χ2n) is 4.78. The van der Waals surface area contributed by atoms with E-state index in [-0.39, 0.29) is 10.9 Å². The van der Waals surface area contributed by atoms with Crippen LogP contribution in [0.25, 0.3) is 0 Å². The second kappa shape index (κ2) is 5.94. The molecule has 0 bridgehead atoms. The predicted octanol–water partition coefficient (Wildman–Crippen LogP) is 3.38. The van der Waals surface area contributed by atoms with Gasteiger partial charge in [-0.1, -0.05) is 23.7 Å². The molecule has 21 heavy (non-hydrogen) atoms. The molecule has 0 aliphatic carbocycles. The van der Waals surface area contributed by atoms with Gasteiger partial charge in [-0.2, -0.15) is 8.42 Å². The maximum absolute atomic E-state index is 13.2. The first-order valence-corrected chi connectivity index (χ1v) is 8.08. The third kappa shape index (κ3) is 2.80. The van der Waals surface area contributed by atoms with Gasteiger partial charge in [-0.05, 0) is 31.1 Å². The summed E-state index contributed by atoms with van der Waals surface area (Å²) in [6.45, 7) is 3.58. The molecule has 1 aliphatic rings. The van der Waals surface area contributed by atoms with Crippen molar-refractivity contribution in [2.75, 3.05) is 5.88 Å². The van der Waals surface area contributed by atoms with Crippen LogP contribution in [-0.2, 0) is 10.3 Å². The van der Waals surface area contributed by atoms with Gasteiger partial charge in [0.05, 0.1) is 0 Å². The molecule has 0 saturated carbocycles. The Labute approximate surface area is 134 Å². The zero-order chi connectivity index (χ0) is 15.8. The summed E-state index contributed by atoms with van der Waals surface area (Å²) in [5.74, 6) is 0.0306. The van der Waals surface area contributed by atoms with Gasteiger partial charge in [-0.15, -0.1) is 11.6 Å². The lowest BCUT2D eigenvalue weighted by Gasteiger charge is -2.40. The molecule has 1 heterocycles. The molecule has 0 aromatic heterocycles. The molecular formula is C14H13Cl2NO3S. The highest BCUT2D eigenvalue weighted by Gasteiger charge is 2.36. The van der Waals surface area contributed by atoms with E-state index in [1.54, 1.807) is 19.1 Å². The molecule has 7 heteroatoms. The molecule has 0 spiro atoms. The van der Waals surface area contributed by atoms with Crippen LogP contribution in [0.3, 0.4) is 0 Å². The number of hydrogen-bond donors (Lipinski definition) is 0. The first kappa shape index (κ1) is 16.3. The van der Waals surface area contributed by atoms with Gasteiger partial charge in [0.15, 0.2) is 0 Å². The summed E-state index contributed by atoms with van der Waals surface area (Å²) >= 11 is 11.8. The molecule has 1 unspecified atom stereocenters. The quantitative estimate of drug-likeness (QED) is 0.357. The zero-order valence-electron chi connectivity index (χ0n) is 11.4. The number of quaternary nitrogens is 1. The maximum atomic E-state index is 13.2.